The van der Waals surface area contributed by atoms with E-state index in [1.807, 2.05) is 52.0 Å². The van der Waals surface area contributed by atoms with Gasteiger partial charge in [0, 0.05) is 25.2 Å². The lowest BCUT2D eigenvalue weighted by Gasteiger charge is -2.30. The monoisotopic (exact) mass is 277 g/mol. The summed E-state index contributed by atoms with van der Waals surface area (Å²) in [5.74, 6) is 0.00776. The first kappa shape index (κ1) is 15.0. The van der Waals surface area contributed by atoms with Crippen molar-refractivity contribution in [2.45, 2.75) is 52.1 Å². The first-order valence-electron chi connectivity index (χ1n) is 6.84. The predicted octanol–water partition coefficient (Wildman–Crippen LogP) is 3.27. The Morgan fingerprint density at radius 2 is 1.50 bits per heavy atom. The third-order valence-corrected chi connectivity index (χ3v) is 4.28. The van der Waals surface area contributed by atoms with Gasteiger partial charge in [-0.2, -0.15) is 0 Å². The van der Waals surface area contributed by atoms with Crippen molar-refractivity contribution in [1.29, 1.82) is 0 Å². The number of amides is 1. The van der Waals surface area contributed by atoms with Gasteiger partial charge in [-0.1, -0.05) is 12.1 Å². The Labute approximate surface area is 120 Å². The molecule has 4 heteroatoms. The molecular formula is C16H23NO3. The summed E-state index contributed by atoms with van der Waals surface area (Å²) in [5.41, 5.74) is 1.14. The van der Waals surface area contributed by atoms with Crippen LogP contribution in [-0.2, 0) is 14.3 Å². The van der Waals surface area contributed by atoms with Crippen LogP contribution in [0.3, 0.4) is 0 Å². The van der Waals surface area contributed by atoms with Crippen LogP contribution in [0.5, 0.6) is 0 Å². The summed E-state index contributed by atoms with van der Waals surface area (Å²) < 4.78 is 12.0. The molecular weight excluding hydrogens is 254 g/mol. The smallest absolute Gasteiger partial charge is 0.223 e. The molecule has 4 nitrogen and oxygen atoms in total. The van der Waals surface area contributed by atoms with E-state index in [2.05, 4.69) is 0 Å². The molecule has 0 aliphatic carbocycles. The van der Waals surface area contributed by atoms with Crippen LogP contribution in [0, 0.1) is 0 Å². The van der Waals surface area contributed by atoms with E-state index in [1.54, 1.807) is 18.9 Å². The quantitative estimate of drug-likeness (QED) is 0.832. The molecule has 0 N–H and O–H groups in total. The van der Waals surface area contributed by atoms with Gasteiger partial charge in [0.15, 0.2) is 6.29 Å². The number of rotatable bonds is 2. The molecule has 2 rings (SSSR count). The molecule has 0 radical (unpaired) electrons. The summed E-state index contributed by atoms with van der Waals surface area (Å²) in [6.45, 7) is 9.67. The Morgan fingerprint density at radius 3 is 1.90 bits per heavy atom. The van der Waals surface area contributed by atoms with Gasteiger partial charge in [0.1, 0.15) is 0 Å². The van der Waals surface area contributed by atoms with E-state index < -0.39 is 0 Å². The third-order valence-electron chi connectivity index (χ3n) is 4.28. The lowest BCUT2D eigenvalue weighted by atomic mass is 9.90. The van der Waals surface area contributed by atoms with Crippen molar-refractivity contribution in [3.8, 4) is 0 Å². The largest absolute Gasteiger partial charge is 0.339 e. The van der Waals surface area contributed by atoms with Crippen molar-refractivity contribution < 1.29 is 14.3 Å². The standard InChI is InChI=1S/C16H23NO3/c1-11(18)17(6)13-9-7-12(8-10-13)14-19-15(2,3)16(4,5)20-14/h7-10,14H,1-6H3. The second-order valence-corrected chi connectivity index (χ2v) is 6.26. The summed E-state index contributed by atoms with van der Waals surface area (Å²) in [6.07, 6.45) is -0.364. The number of anilines is 1. The molecule has 110 valence electrons. The third kappa shape index (κ3) is 2.58. The Bertz CT molecular complexity index is 489. The van der Waals surface area contributed by atoms with Gasteiger partial charge in [-0.05, 0) is 39.8 Å². The van der Waals surface area contributed by atoms with Gasteiger partial charge in [0.05, 0.1) is 11.2 Å². The molecule has 1 aromatic carbocycles. The lowest BCUT2D eigenvalue weighted by molar-refractivity contribution is -0.116. The first-order valence-corrected chi connectivity index (χ1v) is 6.84. The van der Waals surface area contributed by atoms with Crippen molar-refractivity contribution in [3.63, 3.8) is 0 Å². The molecule has 0 aromatic heterocycles. The molecule has 1 saturated heterocycles. The molecule has 20 heavy (non-hydrogen) atoms. The maximum absolute atomic E-state index is 11.3. The van der Waals surface area contributed by atoms with E-state index in [0.717, 1.165) is 11.3 Å². The topological polar surface area (TPSA) is 38.8 Å². The predicted molar refractivity (Wildman–Crippen MR) is 78.6 cm³/mol. The fourth-order valence-corrected chi connectivity index (χ4v) is 2.02. The molecule has 0 saturated carbocycles. The van der Waals surface area contributed by atoms with Crippen molar-refractivity contribution in [3.05, 3.63) is 29.8 Å². The van der Waals surface area contributed by atoms with E-state index in [1.165, 1.54) is 0 Å². The normalized spacial score (nSPS) is 20.9. The Hall–Kier alpha value is -1.39. The van der Waals surface area contributed by atoms with Crippen LogP contribution in [0.1, 0.15) is 46.5 Å². The zero-order valence-corrected chi connectivity index (χ0v) is 13.1. The number of hydrogen-bond donors (Lipinski definition) is 0. The first-order chi connectivity index (χ1) is 9.14. The van der Waals surface area contributed by atoms with Gasteiger partial charge in [-0.3, -0.25) is 4.79 Å². The molecule has 0 unspecified atom stereocenters. The van der Waals surface area contributed by atoms with Gasteiger partial charge in [-0.25, -0.2) is 0 Å². The van der Waals surface area contributed by atoms with Crippen LogP contribution >= 0.6 is 0 Å². The van der Waals surface area contributed by atoms with Gasteiger partial charge in [0.25, 0.3) is 0 Å². The summed E-state index contributed by atoms with van der Waals surface area (Å²) in [6, 6.07) is 7.69. The highest BCUT2D eigenvalue weighted by atomic mass is 16.7. The molecule has 0 spiro atoms. The van der Waals surface area contributed by atoms with Gasteiger partial charge >= 0.3 is 0 Å². The highest BCUT2D eigenvalue weighted by Crippen LogP contribution is 2.44. The number of benzene rings is 1. The zero-order valence-electron chi connectivity index (χ0n) is 13.1. The van der Waals surface area contributed by atoms with E-state index in [0.29, 0.717) is 0 Å². The summed E-state index contributed by atoms with van der Waals surface area (Å²) in [4.78, 5) is 12.9. The summed E-state index contributed by atoms with van der Waals surface area (Å²) >= 11 is 0. The number of hydrogen-bond acceptors (Lipinski definition) is 3. The van der Waals surface area contributed by atoms with Gasteiger partial charge in [-0.15, -0.1) is 0 Å². The van der Waals surface area contributed by atoms with Crippen molar-refractivity contribution in [2.24, 2.45) is 0 Å². The highest BCUT2D eigenvalue weighted by molar-refractivity contribution is 5.90. The number of nitrogens with zero attached hydrogens (tertiary/aromatic N) is 1. The van der Waals surface area contributed by atoms with Crippen LogP contribution in [0.4, 0.5) is 5.69 Å². The van der Waals surface area contributed by atoms with Crippen molar-refractivity contribution in [1.82, 2.24) is 0 Å². The van der Waals surface area contributed by atoms with Crippen LogP contribution in [0.15, 0.2) is 24.3 Å². The molecule has 1 aromatic rings. The van der Waals surface area contributed by atoms with Gasteiger partial charge < -0.3 is 14.4 Å². The molecule has 1 aliphatic rings. The van der Waals surface area contributed by atoms with Crippen LogP contribution in [0.25, 0.3) is 0 Å². The summed E-state index contributed by atoms with van der Waals surface area (Å²) in [7, 11) is 1.76. The number of ether oxygens (including phenoxy) is 2. The fraction of sp³-hybridized carbons (Fsp3) is 0.562. The minimum absolute atomic E-state index is 0.00776. The minimum Gasteiger partial charge on any atom is -0.339 e. The van der Waals surface area contributed by atoms with Crippen LogP contribution < -0.4 is 4.90 Å². The minimum atomic E-state index is -0.364. The molecule has 1 aliphatic heterocycles. The molecule has 0 bridgehead atoms. The fourth-order valence-electron chi connectivity index (χ4n) is 2.02. The Morgan fingerprint density at radius 1 is 1.05 bits per heavy atom. The average molecular weight is 277 g/mol. The van der Waals surface area contributed by atoms with E-state index in [9.17, 15) is 4.79 Å². The lowest BCUT2D eigenvalue weighted by Crippen LogP contribution is -2.41. The van der Waals surface area contributed by atoms with Crippen LogP contribution in [-0.4, -0.2) is 24.2 Å². The maximum Gasteiger partial charge on any atom is 0.223 e. The zero-order chi connectivity index (χ0) is 15.1. The Kier molecular flexibility index (Phi) is 3.65. The number of carbonyl (C=O) groups excluding carboxylic acids is 1. The van der Waals surface area contributed by atoms with E-state index in [-0.39, 0.29) is 23.4 Å². The van der Waals surface area contributed by atoms with E-state index in [4.69, 9.17) is 9.47 Å². The molecule has 0 atom stereocenters. The second-order valence-electron chi connectivity index (χ2n) is 6.26. The second kappa shape index (κ2) is 4.86. The van der Waals surface area contributed by atoms with E-state index >= 15 is 0 Å². The summed E-state index contributed by atoms with van der Waals surface area (Å²) in [5, 5.41) is 0. The van der Waals surface area contributed by atoms with Gasteiger partial charge in [0.2, 0.25) is 5.91 Å². The van der Waals surface area contributed by atoms with Crippen molar-refractivity contribution >= 4 is 11.6 Å². The SMILES string of the molecule is CC(=O)N(C)c1ccc(C2OC(C)(C)C(C)(C)O2)cc1. The highest BCUT2D eigenvalue weighted by Gasteiger charge is 2.49. The molecule has 1 fully saturated rings. The Balaban J connectivity index is 2.18. The number of carbonyl (C=O) groups is 1. The molecule has 1 heterocycles. The molecule has 1 amide bonds. The maximum atomic E-state index is 11.3. The average Bonchev–Trinajstić information content (AvgIpc) is 2.57. The van der Waals surface area contributed by atoms with Crippen LogP contribution in [0.2, 0.25) is 0 Å². The van der Waals surface area contributed by atoms with Crippen molar-refractivity contribution in [2.75, 3.05) is 11.9 Å².